The van der Waals surface area contributed by atoms with E-state index in [1.165, 1.54) is 6.92 Å². The van der Waals surface area contributed by atoms with Crippen molar-refractivity contribution >= 4 is 33.3 Å². The molecule has 6 heteroatoms. The first-order valence-electron chi connectivity index (χ1n) is 6.34. The number of hydrogen-bond acceptors (Lipinski definition) is 5. The number of carbonyl (C=O) groups excluding carboxylic acids is 1. The molecule has 0 fully saturated rings. The lowest BCUT2D eigenvalue weighted by molar-refractivity contribution is -0.114. The van der Waals surface area contributed by atoms with Crippen LogP contribution in [0.25, 0.3) is 20.8 Å². The van der Waals surface area contributed by atoms with E-state index in [0.717, 1.165) is 26.5 Å². The fourth-order valence-corrected chi connectivity index (χ4v) is 2.87. The van der Waals surface area contributed by atoms with E-state index < -0.39 is 0 Å². The molecule has 106 valence electrons. The molecule has 0 unspecified atom stereocenters. The highest BCUT2D eigenvalue weighted by molar-refractivity contribution is 7.21. The van der Waals surface area contributed by atoms with Gasteiger partial charge in [-0.1, -0.05) is 0 Å². The summed E-state index contributed by atoms with van der Waals surface area (Å²) >= 11 is 1.60. The van der Waals surface area contributed by atoms with Gasteiger partial charge in [0.25, 0.3) is 0 Å². The quantitative estimate of drug-likeness (QED) is 0.805. The van der Waals surface area contributed by atoms with Crippen LogP contribution in [0.3, 0.4) is 0 Å². The van der Waals surface area contributed by atoms with Gasteiger partial charge in [-0.3, -0.25) is 4.79 Å². The molecule has 0 atom stereocenters. The molecule has 0 saturated heterocycles. The molecule has 0 radical (unpaired) electrons. The molecule has 3 aromatic rings. The van der Waals surface area contributed by atoms with Crippen LogP contribution in [0.15, 0.2) is 36.5 Å². The number of amides is 1. The molecule has 2 heterocycles. The summed E-state index contributed by atoms with van der Waals surface area (Å²) in [6.45, 7) is 1.45. The number of rotatable bonds is 3. The third kappa shape index (κ3) is 2.85. The van der Waals surface area contributed by atoms with Crippen molar-refractivity contribution in [2.45, 2.75) is 6.92 Å². The number of nitrogens with zero attached hydrogens (tertiary/aromatic N) is 2. The lowest BCUT2D eigenvalue weighted by Crippen LogP contribution is -2.06. The number of carbonyl (C=O) groups is 1. The minimum atomic E-state index is -0.137. The maximum absolute atomic E-state index is 11.0. The van der Waals surface area contributed by atoms with Crippen LogP contribution in [0.1, 0.15) is 6.92 Å². The molecule has 0 aliphatic rings. The summed E-state index contributed by atoms with van der Waals surface area (Å²) < 4.78 is 6.30. The molecule has 0 saturated carbocycles. The summed E-state index contributed by atoms with van der Waals surface area (Å²) in [4.78, 5) is 19.8. The maximum Gasteiger partial charge on any atom is 0.222 e. The Morgan fingerprint density at radius 1 is 1.29 bits per heavy atom. The van der Waals surface area contributed by atoms with E-state index >= 15 is 0 Å². The van der Waals surface area contributed by atoms with Gasteiger partial charge in [0.05, 0.1) is 17.3 Å². The van der Waals surface area contributed by atoms with E-state index in [0.29, 0.717) is 5.82 Å². The van der Waals surface area contributed by atoms with Crippen LogP contribution in [-0.2, 0) is 4.79 Å². The Labute approximate surface area is 125 Å². The maximum atomic E-state index is 11.0. The molecule has 2 aromatic heterocycles. The number of pyridine rings is 1. The Morgan fingerprint density at radius 3 is 2.81 bits per heavy atom. The largest absolute Gasteiger partial charge is 0.497 e. The van der Waals surface area contributed by atoms with E-state index in [9.17, 15) is 4.79 Å². The van der Waals surface area contributed by atoms with Gasteiger partial charge >= 0.3 is 0 Å². The number of thiazole rings is 1. The zero-order valence-electron chi connectivity index (χ0n) is 11.6. The van der Waals surface area contributed by atoms with Gasteiger partial charge in [-0.05, 0) is 24.3 Å². The highest BCUT2D eigenvalue weighted by atomic mass is 32.1. The predicted molar refractivity (Wildman–Crippen MR) is 83.7 cm³/mol. The van der Waals surface area contributed by atoms with E-state index in [-0.39, 0.29) is 5.91 Å². The van der Waals surface area contributed by atoms with E-state index in [2.05, 4.69) is 15.3 Å². The average molecular weight is 299 g/mol. The predicted octanol–water partition coefficient (Wildman–Crippen LogP) is 3.33. The number of ether oxygens (including phenoxy) is 1. The third-order valence-electron chi connectivity index (χ3n) is 2.91. The van der Waals surface area contributed by atoms with Crippen LogP contribution in [0.5, 0.6) is 5.75 Å². The highest BCUT2D eigenvalue weighted by Gasteiger charge is 2.08. The fraction of sp³-hybridized carbons (Fsp3) is 0.133. The summed E-state index contributed by atoms with van der Waals surface area (Å²) in [6, 6.07) is 9.49. The Hall–Kier alpha value is -2.47. The number of benzene rings is 1. The topological polar surface area (TPSA) is 64.1 Å². The standard InChI is InChI=1S/C15H13N3O2S/c1-9(19)17-14-6-3-10(8-16-14)15-18-12-7-11(20-2)4-5-13(12)21-15/h3-8H,1-2H3,(H,16,17,19). The summed E-state index contributed by atoms with van der Waals surface area (Å²) in [5, 5.41) is 3.53. The second-order valence-corrected chi connectivity index (χ2v) is 5.50. The minimum Gasteiger partial charge on any atom is -0.497 e. The van der Waals surface area contributed by atoms with Crippen molar-refractivity contribution in [3.05, 3.63) is 36.5 Å². The second kappa shape index (κ2) is 5.49. The van der Waals surface area contributed by atoms with Crippen LogP contribution in [0.2, 0.25) is 0 Å². The number of nitrogens with one attached hydrogen (secondary N) is 1. The van der Waals surface area contributed by atoms with Gasteiger partial charge in [-0.15, -0.1) is 11.3 Å². The lowest BCUT2D eigenvalue weighted by atomic mass is 10.3. The molecule has 3 rings (SSSR count). The number of fused-ring (bicyclic) bond motifs is 1. The van der Waals surface area contributed by atoms with Crippen LogP contribution >= 0.6 is 11.3 Å². The molecule has 1 N–H and O–H groups in total. The zero-order chi connectivity index (χ0) is 14.8. The number of methoxy groups -OCH3 is 1. The molecule has 21 heavy (non-hydrogen) atoms. The molecule has 0 bridgehead atoms. The SMILES string of the molecule is COc1ccc2sc(-c3ccc(NC(C)=O)nc3)nc2c1. The zero-order valence-corrected chi connectivity index (χ0v) is 12.4. The first-order chi connectivity index (χ1) is 10.2. The third-order valence-corrected chi connectivity index (χ3v) is 3.99. The van der Waals surface area contributed by atoms with Crippen LogP contribution in [-0.4, -0.2) is 23.0 Å². The van der Waals surface area contributed by atoms with E-state index in [1.54, 1.807) is 30.7 Å². The van der Waals surface area contributed by atoms with Crippen molar-refractivity contribution < 1.29 is 9.53 Å². The summed E-state index contributed by atoms with van der Waals surface area (Å²) in [7, 11) is 1.64. The van der Waals surface area contributed by atoms with Gasteiger partial charge in [-0.2, -0.15) is 0 Å². The fourth-order valence-electron chi connectivity index (χ4n) is 1.93. The first kappa shape index (κ1) is 13.5. The van der Waals surface area contributed by atoms with Gasteiger partial charge in [0.15, 0.2) is 0 Å². The van der Waals surface area contributed by atoms with Crippen molar-refractivity contribution in [3.8, 4) is 16.3 Å². The minimum absolute atomic E-state index is 0.137. The van der Waals surface area contributed by atoms with Crippen molar-refractivity contribution in [1.82, 2.24) is 9.97 Å². The molecular formula is C15H13N3O2S. The van der Waals surface area contributed by atoms with Gasteiger partial charge in [0.1, 0.15) is 16.6 Å². The summed E-state index contributed by atoms with van der Waals surface area (Å²) in [5.41, 5.74) is 1.82. The summed E-state index contributed by atoms with van der Waals surface area (Å²) in [6.07, 6.45) is 1.71. The van der Waals surface area contributed by atoms with Crippen molar-refractivity contribution in [1.29, 1.82) is 0 Å². The number of hydrogen-bond donors (Lipinski definition) is 1. The lowest BCUT2D eigenvalue weighted by Gasteiger charge is -2.01. The van der Waals surface area contributed by atoms with Gasteiger partial charge in [0, 0.05) is 24.8 Å². The van der Waals surface area contributed by atoms with Crippen LogP contribution in [0.4, 0.5) is 5.82 Å². The molecule has 5 nitrogen and oxygen atoms in total. The van der Waals surface area contributed by atoms with Crippen molar-refractivity contribution in [3.63, 3.8) is 0 Å². The highest BCUT2D eigenvalue weighted by Crippen LogP contribution is 2.31. The Balaban J connectivity index is 1.94. The monoisotopic (exact) mass is 299 g/mol. The van der Waals surface area contributed by atoms with Crippen molar-refractivity contribution in [2.24, 2.45) is 0 Å². The van der Waals surface area contributed by atoms with Gasteiger partial charge in [0.2, 0.25) is 5.91 Å². The molecule has 1 aromatic carbocycles. The Bertz CT molecular complexity index is 796. The molecule has 1 amide bonds. The van der Waals surface area contributed by atoms with Crippen LogP contribution in [0, 0.1) is 0 Å². The van der Waals surface area contributed by atoms with Gasteiger partial charge < -0.3 is 10.1 Å². The van der Waals surface area contributed by atoms with E-state index in [1.807, 2.05) is 24.3 Å². The number of anilines is 1. The normalized spacial score (nSPS) is 10.6. The molecule has 0 aliphatic heterocycles. The van der Waals surface area contributed by atoms with Gasteiger partial charge in [-0.25, -0.2) is 9.97 Å². The number of aromatic nitrogens is 2. The van der Waals surface area contributed by atoms with Crippen molar-refractivity contribution in [2.75, 3.05) is 12.4 Å². The molecule has 0 spiro atoms. The molecule has 0 aliphatic carbocycles. The Morgan fingerprint density at radius 2 is 2.14 bits per heavy atom. The Kier molecular flexibility index (Phi) is 3.53. The summed E-state index contributed by atoms with van der Waals surface area (Å²) in [5.74, 6) is 1.19. The smallest absolute Gasteiger partial charge is 0.222 e. The molecular weight excluding hydrogens is 286 g/mol. The second-order valence-electron chi connectivity index (χ2n) is 4.47. The average Bonchev–Trinajstić information content (AvgIpc) is 2.90. The van der Waals surface area contributed by atoms with E-state index in [4.69, 9.17) is 4.74 Å². The van der Waals surface area contributed by atoms with Crippen LogP contribution < -0.4 is 10.1 Å². The first-order valence-corrected chi connectivity index (χ1v) is 7.16.